The molecule has 1 aromatic heterocycles. The fraction of sp³-hybridized carbons (Fsp3) is 0.348. The van der Waals surface area contributed by atoms with E-state index in [2.05, 4.69) is 4.90 Å². The number of sulfone groups is 1. The summed E-state index contributed by atoms with van der Waals surface area (Å²) in [7, 11) is -3.56. The molecule has 2 heterocycles. The number of hydrogen-bond acceptors (Lipinski definition) is 6. The molecule has 1 aliphatic heterocycles. The number of aromatic nitrogens is 1. The predicted octanol–water partition coefficient (Wildman–Crippen LogP) is 5.10. The van der Waals surface area contributed by atoms with E-state index in [-0.39, 0.29) is 4.90 Å². The number of halogens is 1. The number of piperidine rings is 1. The lowest BCUT2D eigenvalue weighted by atomic mass is 10.1. The molecule has 0 spiro atoms. The Morgan fingerprint density at radius 1 is 1.16 bits per heavy atom. The molecular weight excluding hydrogens is 435 g/mol. The summed E-state index contributed by atoms with van der Waals surface area (Å²) in [5.74, 6) is 0.310. The molecule has 5 nitrogen and oxygen atoms in total. The standard InChI is InChI=1S/C23H25FN2O3S2/c1-3-29-19-8-5-17(6-9-19)21-15-30-23(25-21)26-12-10-20(11-13-26)31(27,28)22-14-18(24)7-4-16(22)2/h4-9,14-15,20H,3,10-13H2,1-2H3. The van der Waals surface area contributed by atoms with Crippen molar-refractivity contribution >= 4 is 26.3 Å². The Balaban J connectivity index is 1.44. The summed E-state index contributed by atoms with van der Waals surface area (Å²) in [6.07, 6.45) is 0.993. The first-order valence-corrected chi connectivity index (χ1v) is 12.7. The van der Waals surface area contributed by atoms with E-state index >= 15 is 0 Å². The minimum atomic E-state index is -3.56. The Hall–Kier alpha value is -2.45. The van der Waals surface area contributed by atoms with Crippen LogP contribution in [0.25, 0.3) is 11.3 Å². The zero-order valence-corrected chi connectivity index (χ0v) is 19.2. The smallest absolute Gasteiger partial charge is 0.185 e. The lowest BCUT2D eigenvalue weighted by molar-refractivity contribution is 0.340. The van der Waals surface area contributed by atoms with Gasteiger partial charge in [-0.25, -0.2) is 17.8 Å². The molecule has 0 N–H and O–H groups in total. The van der Waals surface area contributed by atoms with Gasteiger partial charge >= 0.3 is 0 Å². The third kappa shape index (κ3) is 4.60. The van der Waals surface area contributed by atoms with E-state index in [0.717, 1.165) is 28.2 Å². The SMILES string of the molecule is CCOc1ccc(-c2csc(N3CCC(S(=O)(=O)c4cc(F)ccc4C)CC3)n2)cc1. The number of anilines is 1. The van der Waals surface area contributed by atoms with Crippen molar-refractivity contribution < 1.29 is 17.5 Å². The largest absolute Gasteiger partial charge is 0.494 e. The van der Waals surface area contributed by atoms with Gasteiger partial charge in [0.1, 0.15) is 11.6 Å². The number of benzene rings is 2. The maximum atomic E-state index is 13.6. The van der Waals surface area contributed by atoms with Crippen LogP contribution in [-0.4, -0.2) is 38.3 Å². The lowest BCUT2D eigenvalue weighted by Gasteiger charge is -2.31. The van der Waals surface area contributed by atoms with Crippen LogP contribution >= 0.6 is 11.3 Å². The molecule has 0 atom stereocenters. The van der Waals surface area contributed by atoms with Crippen molar-refractivity contribution in [3.8, 4) is 17.0 Å². The minimum Gasteiger partial charge on any atom is -0.494 e. The minimum absolute atomic E-state index is 0.109. The van der Waals surface area contributed by atoms with Crippen LogP contribution in [0.5, 0.6) is 5.75 Å². The first-order chi connectivity index (χ1) is 14.9. The van der Waals surface area contributed by atoms with E-state index < -0.39 is 20.9 Å². The first-order valence-electron chi connectivity index (χ1n) is 10.3. The molecule has 1 fully saturated rings. The zero-order chi connectivity index (χ0) is 22.0. The van der Waals surface area contributed by atoms with Gasteiger partial charge in [0.2, 0.25) is 0 Å². The summed E-state index contributed by atoms with van der Waals surface area (Å²) in [4.78, 5) is 7.00. The molecule has 0 aliphatic carbocycles. The van der Waals surface area contributed by atoms with Crippen LogP contribution in [0.4, 0.5) is 9.52 Å². The van der Waals surface area contributed by atoms with Gasteiger partial charge in [0.05, 0.1) is 22.4 Å². The van der Waals surface area contributed by atoms with Gasteiger partial charge in [0, 0.05) is 24.0 Å². The van der Waals surface area contributed by atoms with E-state index in [4.69, 9.17) is 9.72 Å². The van der Waals surface area contributed by atoms with E-state index in [9.17, 15) is 12.8 Å². The van der Waals surface area contributed by atoms with Gasteiger partial charge in [0.25, 0.3) is 0 Å². The highest BCUT2D eigenvalue weighted by molar-refractivity contribution is 7.92. The van der Waals surface area contributed by atoms with E-state index in [1.165, 1.54) is 12.1 Å². The second kappa shape index (κ2) is 8.96. The predicted molar refractivity (Wildman–Crippen MR) is 122 cm³/mol. The van der Waals surface area contributed by atoms with Gasteiger partial charge in [-0.2, -0.15) is 0 Å². The van der Waals surface area contributed by atoms with Crippen LogP contribution in [0.15, 0.2) is 52.7 Å². The molecular formula is C23H25FN2O3S2. The van der Waals surface area contributed by atoms with Gasteiger partial charge in [-0.15, -0.1) is 11.3 Å². The summed E-state index contributed by atoms with van der Waals surface area (Å²) >= 11 is 1.56. The highest BCUT2D eigenvalue weighted by atomic mass is 32.2. The highest BCUT2D eigenvalue weighted by Crippen LogP contribution is 2.33. The fourth-order valence-electron chi connectivity index (χ4n) is 3.85. The van der Waals surface area contributed by atoms with Crippen molar-refractivity contribution in [1.29, 1.82) is 0 Å². The van der Waals surface area contributed by atoms with Crippen LogP contribution in [0.1, 0.15) is 25.3 Å². The number of thiazole rings is 1. The van der Waals surface area contributed by atoms with Crippen molar-refractivity contribution in [2.24, 2.45) is 0 Å². The normalized spacial score (nSPS) is 15.3. The monoisotopic (exact) mass is 460 g/mol. The Labute approximate surface area is 186 Å². The van der Waals surface area contributed by atoms with Crippen molar-refractivity contribution in [3.63, 3.8) is 0 Å². The summed E-state index contributed by atoms with van der Waals surface area (Å²) < 4.78 is 45.2. The maximum absolute atomic E-state index is 13.6. The molecule has 1 saturated heterocycles. The molecule has 4 rings (SSSR count). The Kier molecular flexibility index (Phi) is 6.29. The molecule has 0 radical (unpaired) electrons. The van der Waals surface area contributed by atoms with Gasteiger partial charge in [-0.3, -0.25) is 0 Å². The molecule has 0 bridgehead atoms. The van der Waals surface area contributed by atoms with Crippen molar-refractivity contribution in [3.05, 3.63) is 59.2 Å². The van der Waals surface area contributed by atoms with Gasteiger partial charge < -0.3 is 9.64 Å². The Morgan fingerprint density at radius 2 is 1.87 bits per heavy atom. The quantitative estimate of drug-likeness (QED) is 0.512. The summed E-state index contributed by atoms with van der Waals surface area (Å²) in [5.41, 5.74) is 2.50. The third-order valence-corrected chi connectivity index (χ3v) is 8.86. The summed E-state index contributed by atoms with van der Waals surface area (Å²) in [6.45, 7) is 5.50. The Bertz CT molecular complexity index is 1150. The molecule has 164 valence electrons. The number of nitrogens with zero attached hydrogens (tertiary/aromatic N) is 2. The number of rotatable bonds is 6. The molecule has 8 heteroatoms. The average Bonchev–Trinajstić information content (AvgIpc) is 3.26. The second-order valence-electron chi connectivity index (χ2n) is 7.61. The lowest BCUT2D eigenvalue weighted by Crippen LogP contribution is -2.39. The molecule has 0 unspecified atom stereocenters. The van der Waals surface area contributed by atoms with E-state index in [1.54, 1.807) is 18.3 Å². The zero-order valence-electron chi connectivity index (χ0n) is 17.5. The highest BCUT2D eigenvalue weighted by Gasteiger charge is 2.33. The van der Waals surface area contributed by atoms with E-state index in [0.29, 0.717) is 38.1 Å². The molecule has 31 heavy (non-hydrogen) atoms. The van der Waals surface area contributed by atoms with Crippen LogP contribution in [0.2, 0.25) is 0 Å². The van der Waals surface area contributed by atoms with E-state index in [1.807, 2.05) is 36.6 Å². The average molecular weight is 461 g/mol. The van der Waals surface area contributed by atoms with Crippen LogP contribution in [-0.2, 0) is 9.84 Å². The third-order valence-electron chi connectivity index (χ3n) is 5.56. The molecule has 0 saturated carbocycles. The first kappa shape index (κ1) is 21.8. The molecule has 0 amide bonds. The maximum Gasteiger partial charge on any atom is 0.185 e. The Morgan fingerprint density at radius 3 is 2.55 bits per heavy atom. The van der Waals surface area contributed by atoms with Gasteiger partial charge in [0.15, 0.2) is 15.0 Å². The number of ether oxygens (including phenoxy) is 1. The number of aryl methyl sites for hydroxylation is 1. The molecule has 2 aromatic carbocycles. The van der Waals surface area contributed by atoms with Crippen molar-refractivity contribution in [2.75, 3.05) is 24.6 Å². The number of hydrogen-bond donors (Lipinski definition) is 0. The summed E-state index contributed by atoms with van der Waals surface area (Å²) in [6, 6.07) is 11.8. The topological polar surface area (TPSA) is 59.5 Å². The van der Waals surface area contributed by atoms with Crippen LogP contribution in [0.3, 0.4) is 0 Å². The van der Waals surface area contributed by atoms with Gasteiger partial charge in [-0.1, -0.05) is 6.07 Å². The van der Waals surface area contributed by atoms with Crippen LogP contribution in [0, 0.1) is 12.7 Å². The fourth-order valence-corrected chi connectivity index (χ4v) is 6.72. The molecule has 1 aliphatic rings. The van der Waals surface area contributed by atoms with Crippen LogP contribution < -0.4 is 9.64 Å². The van der Waals surface area contributed by atoms with Crippen molar-refractivity contribution in [1.82, 2.24) is 4.98 Å². The van der Waals surface area contributed by atoms with Gasteiger partial charge in [-0.05, 0) is 68.7 Å². The molecule has 3 aromatic rings. The van der Waals surface area contributed by atoms with Crippen molar-refractivity contribution in [2.45, 2.75) is 36.8 Å². The second-order valence-corrected chi connectivity index (χ2v) is 10.6. The summed E-state index contributed by atoms with van der Waals surface area (Å²) in [5, 5.41) is 2.40.